The van der Waals surface area contributed by atoms with Crippen molar-refractivity contribution >= 4 is 0 Å². The van der Waals surface area contributed by atoms with Gasteiger partial charge in [-0.15, -0.1) is 5.10 Å². The molecule has 0 saturated carbocycles. The third kappa shape index (κ3) is 3.50. The molecule has 0 bridgehead atoms. The predicted molar refractivity (Wildman–Crippen MR) is 96.8 cm³/mol. The summed E-state index contributed by atoms with van der Waals surface area (Å²) in [4.78, 5) is 12.1. The molecule has 130 valence electrons. The maximum absolute atomic E-state index is 12.1. The van der Waals surface area contributed by atoms with Crippen LogP contribution in [0.5, 0.6) is 5.75 Å². The largest absolute Gasteiger partial charge is 0.507 e. The van der Waals surface area contributed by atoms with Crippen LogP contribution in [-0.2, 0) is 12.0 Å². The second kappa shape index (κ2) is 6.24. The van der Waals surface area contributed by atoms with Gasteiger partial charge in [0.2, 0.25) is 5.89 Å². The van der Waals surface area contributed by atoms with Gasteiger partial charge in [0.05, 0.1) is 6.54 Å². The second-order valence-electron chi connectivity index (χ2n) is 7.26. The molecule has 25 heavy (non-hydrogen) atoms. The molecule has 0 radical (unpaired) electrons. The van der Waals surface area contributed by atoms with E-state index in [4.69, 9.17) is 4.42 Å². The number of rotatable bonds is 3. The predicted octanol–water partition coefficient (Wildman–Crippen LogP) is 3.86. The van der Waals surface area contributed by atoms with E-state index in [1.54, 1.807) is 0 Å². The van der Waals surface area contributed by atoms with Crippen LogP contribution in [0.3, 0.4) is 0 Å². The van der Waals surface area contributed by atoms with Crippen molar-refractivity contribution in [2.75, 3.05) is 0 Å². The van der Waals surface area contributed by atoms with Crippen molar-refractivity contribution in [1.29, 1.82) is 0 Å². The van der Waals surface area contributed by atoms with Gasteiger partial charge in [-0.1, -0.05) is 45.0 Å². The highest BCUT2D eigenvalue weighted by atomic mass is 16.4. The topological polar surface area (TPSA) is 68.3 Å². The first-order chi connectivity index (χ1) is 11.8. The number of phenolic OH excluding ortho intramolecular Hbond substituents is 1. The van der Waals surface area contributed by atoms with Gasteiger partial charge in [0.15, 0.2) is 0 Å². The fourth-order valence-electron chi connectivity index (χ4n) is 2.79. The van der Waals surface area contributed by atoms with Crippen LogP contribution >= 0.6 is 0 Å². The number of benzene rings is 2. The van der Waals surface area contributed by atoms with E-state index in [-0.39, 0.29) is 5.41 Å². The summed E-state index contributed by atoms with van der Waals surface area (Å²) in [5.41, 5.74) is 3.09. The number of aryl methyl sites for hydroxylation is 1. The average molecular weight is 338 g/mol. The van der Waals surface area contributed by atoms with Crippen molar-refractivity contribution < 1.29 is 9.52 Å². The van der Waals surface area contributed by atoms with Crippen LogP contribution in [-0.4, -0.2) is 14.9 Å². The highest BCUT2D eigenvalue weighted by Gasteiger charge is 2.21. The average Bonchev–Trinajstić information content (AvgIpc) is 2.91. The Bertz CT molecular complexity index is 947. The van der Waals surface area contributed by atoms with E-state index >= 15 is 0 Å². The van der Waals surface area contributed by atoms with E-state index in [2.05, 4.69) is 5.10 Å². The summed E-state index contributed by atoms with van der Waals surface area (Å²) in [6.07, 6.45) is 0. The van der Waals surface area contributed by atoms with E-state index in [1.807, 2.05) is 70.2 Å². The maximum Gasteiger partial charge on any atom is 0.437 e. The van der Waals surface area contributed by atoms with Crippen molar-refractivity contribution in [1.82, 2.24) is 9.78 Å². The molecule has 2 aromatic carbocycles. The summed E-state index contributed by atoms with van der Waals surface area (Å²) in [6, 6.07) is 13.1. The van der Waals surface area contributed by atoms with Crippen LogP contribution in [0.15, 0.2) is 51.7 Å². The van der Waals surface area contributed by atoms with Crippen molar-refractivity contribution in [3.8, 4) is 17.2 Å². The molecule has 0 atom stereocenters. The number of hydrogen-bond acceptors (Lipinski definition) is 4. The molecule has 3 rings (SSSR count). The highest BCUT2D eigenvalue weighted by Crippen LogP contribution is 2.34. The van der Waals surface area contributed by atoms with Gasteiger partial charge >= 0.3 is 5.76 Å². The lowest BCUT2D eigenvalue weighted by atomic mass is 9.84. The summed E-state index contributed by atoms with van der Waals surface area (Å²) in [5.74, 6) is 0.104. The Morgan fingerprint density at radius 1 is 1.16 bits per heavy atom. The van der Waals surface area contributed by atoms with Gasteiger partial charge in [-0.2, -0.15) is 4.68 Å². The van der Waals surface area contributed by atoms with E-state index in [1.165, 1.54) is 4.68 Å². The minimum atomic E-state index is -0.498. The lowest BCUT2D eigenvalue weighted by molar-refractivity contribution is 0.441. The maximum atomic E-state index is 12.1. The van der Waals surface area contributed by atoms with Gasteiger partial charge in [-0.3, -0.25) is 0 Å². The van der Waals surface area contributed by atoms with Gasteiger partial charge in [0, 0.05) is 5.56 Å². The summed E-state index contributed by atoms with van der Waals surface area (Å²) in [6.45, 7) is 8.28. The molecule has 0 unspecified atom stereocenters. The standard InChI is InChI=1S/C20H22N2O3/c1-13-10-14(11-16(17(13)23)20(2,3)4)12-22-19(24)25-18(21-22)15-8-6-5-7-9-15/h5-11,23H,12H2,1-4H3. The normalized spacial score (nSPS) is 11.7. The third-order valence-corrected chi connectivity index (χ3v) is 4.13. The van der Waals surface area contributed by atoms with Gasteiger partial charge in [-0.25, -0.2) is 4.79 Å². The smallest absolute Gasteiger partial charge is 0.437 e. The zero-order valence-corrected chi connectivity index (χ0v) is 14.9. The third-order valence-electron chi connectivity index (χ3n) is 4.13. The summed E-state index contributed by atoms with van der Waals surface area (Å²) in [7, 11) is 0. The summed E-state index contributed by atoms with van der Waals surface area (Å²) in [5, 5.41) is 14.6. The first kappa shape index (κ1) is 17.0. The fourth-order valence-corrected chi connectivity index (χ4v) is 2.79. The zero-order chi connectivity index (χ0) is 18.2. The Balaban J connectivity index is 1.97. The van der Waals surface area contributed by atoms with Crippen molar-refractivity contribution in [2.24, 2.45) is 0 Å². The Morgan fingerprint density at radius 3 is 2.48 bits per heavy atom. The fraction of sp³-hybridized carbons (Fsp3) is 0.300. The molecule has 1 N–H and O–H groups in total. The highest BCUT2D eigenvalue weighted by molar-refractivity contribution is 5.51. The minimum absolute atomic E-state index is 0.200. The van der Waals surface area contributed by atoms with Crippen LogP contribution in [0.25, 0.3) is 11.5 Å². The molecule has 5 nitrogen and oxygen atoms in total. The molecule has 1 heterocycles. The summed E-state index contributed by atoms with van der Waals surface area (Å²) < 4.78 is 6.58. The molecule has 0 saturated heterocycles. The molecule has 0 fully saturated rings. The SMILES string of the molecule is Cc1cc(Cn2nc(-c3ccccc3)oc2=O)cc(C(C)(C)C)c1O. The van der Waals surface area contributed by atoms with E-state index in [9.17, 15) is 9.90 Å². The van der Waals surface area contributed by atoms with Gasteiger partial charge in [-0.05, 0) is 47.2 Å². The molecule has 5 heteroatoms. The minimum Gasteiger partial charge on any atom is -0.507 e. The molecule has 0 aliphatic rings. The number of phenols is 1. The number of aromatic hydroxyl groups is 1. The lowest BCUT2D eigenvalue weighted by Gasteiger charge is -2.22. The quantitative estimate of drug-likeness (QED) is 0.787. The Labute approximate surface area is 146 Å². The van der Waals surface area contributed by atoms with E-state index < -0.39 is 5.76 Å². The molecular weight excluding hydrogens is 316 g/mol. The molecule has 0 aliphatic carbocycles. The molecule has 1 aromatic heterocycles. The van der Waals surface area contributed by atoms with Crippen molar-refractivity contribution in [2.45, 2.75) is 39.7 Å². The number of aromatic nitrogens is 2. The second-order valence-corrected chi connectivity index (χ2v) is 7.26. The van der Waals surface area contributed by atoms with Crippen LogP contribution in [0, 0.1) is 6.92 Å². The first-order valence-corrected chi connectivity index (χ1v) is 8.22. The monoisotopic (exact) mass is 338 g/mol. The Morgan fingerprint density at radius 2 is 1.84 bits per heavy atom. The molecule has 3 aromatic rings. The van der Waals surface area contributed by atoms with Gasteiger partial charge < -0.3 is 9.52 Å². The Hall–Kier alpha value is -2.82. The van der Waals surface area contributed by atoms with Crippen LogP contribution in [0.4, 0.5) is 0 Å². The van der Waals surface area contributed by atoms with Crippen LogP contribution in [0.2, 0.25) is 0 Å². The summed E-state index contributed by atoms with van der Waals surface area (Å²) >= 11 is 0. The molecular formula is C20H22N2O3. The number of nitrogens with zero attached hydrogens (tertiary/aromatic N) is 2. The Kier molecular flexibility index (Phi) is 4.25. The van der Waals surface area contributed by atoms with Crippen molar-refractivity contribution in [3.05, 3.63) is 69.7 Å². The number of hydrogen-bond donors (Lipinski definition) is 1. The molecule has 0 aliphatic heterocycles. The van der Waals surface area contributed by atoms with Crippen LogP contribution in [0.1, 0.15) is 37.5 Å². The van der Waals surface area contributed by atoms with Gasteiger partial charge in [0.25, 0.3) is 0 Å². The molecule has 0 amide bonds. The zero-order valence-electron chi connectivity index (χ0n) is 14.9. The van der Waals surface area contributed by atoms with E-state index in [0.29, 0.717) is 18.2 Å². The van der Waals surface area contributed by atoms with E-state index in [0.717, 1.165) is 22.3 Å². The molecule has 0 spiro atoms. The first-order valence-electron chi connectivity index (χ1n) is 8.22. The lowest BCUT2D eigenvalue weighted by Crippen LogP contribution is -2.18. The van der Waals surface area contributed by atoms with Gasteiger partial charge in [0.1, 0.15) is 5.75 Å². The van der Waals surface area contributed by atoms with Crippen LogP contribution < -0.4 is 5.76 Å². The van der Waals surface area contributed by atoms with Crippen molar-refractivity contribution in [3.63, 3.8) is 0 Å².